The minimum Gasteiger partial charge on any atom is -0.350 e. The Morgan fingerprint density at radius 2 is 1.64 bits per heavy atom. The van der Waals surface area contributed by atoms with Gasteiger partial charge in [0.25, 0.3) is 5.91 Å². The molecule has 0 saturated heterocycles. The summed E-state index contributed by atoms with van der Waals surface area (Å²) >= 11 is 0. The Morgan fingerprint density at radius 3 is 2.28 bits per heavy atom. The third-order valence-corrected chi connectivity index (χ3v) is 7.56. The lowest BCUT2D eigenvalue weighted by molar-refractivity contribution is -0.136. The van der Waals surface area contributed by atoms with Crippen LogP contribution in [0.4, 0.5) is 4.79 Å². The summed E-state index contributed by atoms with van der Waals surface area (Å²) in [5, 5.41) is 6.10. The summed E-state index contributed by atoms with van der Waals surface area (Å²) < 4.78 is 0. The Balaban J connectivity index is 1.49. The van der Waals surface area contributed by atoms with Gasteiger partial charge in [-0.05, 0) is 43.0 Å². The van der Waals surface area contributed by atoms with E-state index in [0.717, 1.165) is 27.8 Å². The fourth-order valence-corrected chi connectivity index (χ4v) is 5.57. The van der Waals surface area contributed by atoms with E-state index in [-0.39, 0.29) is 24.4 Å². The highest BCUT2D eigenvalue weighted by Gasteiger charge is 2.47. The molecule has 3 aromatic rings. The molecule has 3 aromatic carbocycles. The SMILES string of the molecule is CCN1C(=O)N[C@@H](c2ccc(C)cc2C)C2=C1CN([C@@H](Cc1ccccc1)C(=O)NCc1ccccc1)C2=O. The Morgan fingerprint density at radius 1 is 0.974 bits per heavy atom. The molecule has 39 heavy (non-hydrogen) atoms. The highest BCUT2D eigenvalue weighted by Crippen LogP contribution is 2.38. The Kier molecular flexibility index (Phi) is 7.50. The Bertz CT molecular complexity index is 1420. The van der Waals surface area contributed by atoms with Crippen molar-refractivity contribution in [3.05, 3.63) is 118 Å². The van der Waals surface area contributed by atoms with Gasteiger partial charge in [0.05, 0.1) is 23.9 Å². The minimum absolute atomic E-state index is 0.201. The number of hydrogen-bond acceptors (Lipinski definition) is 3. The Labute approximate surface area is 229 Å². The van der Waals surface area contributed by atoms with Crippen LogP contribution in [-0.2, 0) is 22.6 Å². The van der Waals surface area contributed by atoms with Gasteiger partial charge in [-0.1, -0.05) is 84.4 Å². The van der Waals surface area contributed by atoms with Crippen molar-refractivity contribution < 1.29 is 14.4 Å². The molecule has 0 aromatic heterocycles. The zero-order chi connectivity index (χ0) is 27.5. The summed E-state index contributed by atoms with van der Waals surface area (Å²) in [6.45, 7) is 6.90. The molecule has 0 saturated carbocycles. The molecule has 5 rings (SSSR count). The average molecular weight is 523 g/mol. The van der Waals surface area contributed by atoms with Crippen molar-refractivity contribution in [3.63, 3.8) is 0 Å². The number of rotatable bonds is 8. The van der Waals surface area contributed by atoms with Crippen molar-refractivity contribution in [2.75, 3.05) is 13.1 Å². The zero-order valence-electron chi connectivity index (χ0n) is 22.6. The molecule has 4 amide bonds. The molecule has 2 aliphatic heterocycles. The number of likely N-dealkylation sites (N-methyl/N-ethyl adjacent to an activating group) is 1. The number of nitrogens with one attached hydrogen (secondary N) is 2. The number of aryl methyl sites for hydroxylation is 2. The summed E-state index contributed by atoms with van der Waals surface area (Å²) in [7, 11) is 0. The minimum atomic E-state index is -0.734. The van der Waals surface area contributed by atoms with E-state index in [9.17, 15) is 14.4 Å². The number of carbonyl (C=O) groups is 3. The second-order valence-electron chi connectivity index (χ2n) is 10.2. The summed E-state index contributed by atoms with van der Waals surface area (Å²) in [6.07, 6.45) is 0.371. The van der Waals surface area contributed by atoms with Crippen LogP contribution in [0.2, 0.25) is 0 Å². The first-order valence-electron chi connectivity index (χ1n) is 13.4. The highest BCUT2D eigenvalue weighted by atomic mass is 16.2. The maximum Gasteiger partial charge on any atom is 0.322 e. The lowest BCUT2D eigenvalue weighted by atomic mass is 9.91. The van der Waals surface area contributed by atoms with Crippen LogP contribution in [-0.4, -0.2) is 46.8 Å². The average Bonchev–Trinajstić information content (AvgIpc) is 3.27. The zero-order valence-corrected chi connectivity index (χ0v) is 22.6. The van der Waals surface area contributed by atoms with Crippen molar-refractivity contribution in [2.24, 2.45) is 0 Å². The lowest BCUT2D eigenvalue weighted by Gasteiger charge is -2.33. The topological polar surface area (TPSA) is 81.8 Å². The van der Waals surface area contributed by atoms with Gasteiger partial charge < -0.3 is 15.5 Å². The van der Waals surface area contributed by atoms with Crippen molar-refractivity contribution >= 4 is 17.8 Å². The fourth-order valence-electron chi connectivity index (χ4n) is 5.57. The van der Waals surface area contributed by atoms with Gasteiger partial charge >= 0.3 is 6.03 Å². The van der Waals surface area contributed by atoms with Gasteiger partial charge in [-0.25, -0.2) is 4.79 Å². The largest absolute Gasteiger partial charge is 0.350 e. The molecule has 0 spiro atoms. The molecule has 7 nitrogen and oxygen atoms in total. The molecular formula is C32H34N4O3. The number of amides is 4. The summed E-state index contributed by atoms with van der Waals surface area (Å²) in [4.78, 5) is 44.3. The van der Waals surface area contributed by atoms with Crippen LogP contribution in [0.1, 0.15) is 40.8 Å². The smallest absolute Gasteiger partial charge is 0.322 e. The second-order valence-corrected chi connectivity index (χ2v) is 10.2. The quantitative estimate of drug-likeness (QED) is 0.460. The molecule has 200 valence electrons. The normalized spacial score (nSPS) is 17.7. The standard InChI is InChI=1S/C32H34N4O3/c1-4-35-27-20-36(31(38)28(27)29(34-32(35)39)25-16-15-21(2)17-22(25)3)26(18-23-11-7-5-8-12-23)30(37)33-19-24-13-9-6-10-14-24/h5-17,26,29H,4,18-20H2,1-3H3,(H,33,37)(H,34,39)/t26-,29-/m0/s1. The third-order valence-electron chi connectivity index (χ3n) is 7.56. The van der Waals surface area contributed by atoms with Gasteiger partial charge in [-0.3, -0.25) is 14.5 Å². The van der Waals surface area contributed by atoms with Gasteiger partial charge in [0.15, 0.2) is 0 Å². The maximum absolute atomic E-state index is 14.2. The van der Waals surface area contributed by atoms with E-state index in [1.54, 1.807) is 9.80 Å². The predicted octanol–water partition coefficient (Wildman–Crippen LogP) is 4.41. The number of nitrogens with zero attached hydrogens (tertiary/aromatic N) is 2. The molecule has 2 atom stereocenters. The number of hydrogen-bond donors (Lipinski definition) is 2. The fraction of sp³-hybridized carbons (Fsp3) is 0.281. The molecule has 0 unspecified atom stereocenters. The number of urea groups is 1. The van der Waals surface area contributed by atoms with Gasteiger partial charge in [0.2, 0.25) is 5.91 Å². The van der Waals surface area contributed by atoms with E-state index in [1.807, 2.05) is 93.6 Å². The monoisotopic (exact) mass is 522 g/mol. The van der Waals surface area contributed by atoms with E-state index in [2.05, 4.69) is 16.7 Å². The lowest BCUT2D eigenvalue weighted by Crippen LogP contribution is -2.49. The van der Waals surface area contributed by atoms with Crippen LogP contribution in [0.15, 0.2) is 90.1 Å². The van der Waals surface area contributed by atoms with Crippen LogP contribution in [0, 0.1) is 13.8 Å². The van der Waals surface area contributed by atoms with E-state index in [0.29, 0.717) is 30.8 Å². The molecule has 0 radical (unpaired) electrons. The van der Waals surface area contributed by atoms with Crippen molar-refractivity contribution in [1.82, 2.24) is 20.4 Å². The van der Waals surface area contributed by atoms with Crippen molar-refractivity contribution in [2.45, 2.75) is 45.8 Å². The van der Waals surface area contributed by atoms with Crippen LogP contribution in [0.3, 0.4) is 0 Å². The predicted molar refractivity (Wildman–Crippen MR) is 151 cm³/mol. The van der Waals surface area contributed by atoms with E-state index in [4.69, 9.17) is 0 Å². The molecule has 2 heterocycles. The van der Waals surface area contributed by atoms with Gasteiger partial charge in [-0.2, -0.15) is 0 Å². The van der Waals surface area contributed by atoms with E-state index in [1.165, 1.54) is 0 Å². The summed E-state index contributed by atoms with van der Waals surface area (Å²) in [6, 6.07) is 23.9. The first-order chi connectivity index (χ1) is 18.9. The highest BCUT2D eigenvalue weighted by molar-refractivity contribution is 6.03. The number of carbonyl (C=O) groups excluding carboxylic acids is 3. The van der Waals surface area contributed by atoms with E-state index < -0.39 is 12.1 Å². The molecule has 0 fully saturated rings. The second kappa shape index (κ2) is 11.2. The molecule has 0 bridgehead atoms. The van der Waals surface area contributed by atoms with Gasteiger partial charge in [0, 0.05) is 19.5 Å². The van der Waals surface area contributed by atoms with Crippen LogP contribution in [0.25, 0.3) is 0 Å². The first-order valence-corrected chi connectivity index (χ1v) is 13.4. The molecule has 2 aliphatic rings. The summed E-state index contributed by atoms with van der Waals surface area (Å²) in [5.74, 6) is -0.439. The van der Waals surface area contributed by atoms with Crippen molar-refractivity contribution in [1.29, 1.82) is 0 Å². The third kappa shape index (κ3) is 5.30. The van der Waals surface area contributed by atoms with Crippen LogP contribution in [0.5, 0.6) is 0 Å². The van der Waals surface area contributed by atoms with Crippen molar-refractivity contribution in [3.8, 4) is 0 Å². The summed E-state index contributed by atoms with van der Waals surface area (Å²) in [5.41, 5.74) is 6.16. The number of benzene rings is 3. The molecule has 7 heteroatoms. The van der Waals surface area contributed by atoms with Gasteiger partial charge in [-0.15, -0.1) is 0 Å². The molecule has 0 aliphatic carbocycles. The maximum atomic E-state index is 14.2. The molecular weight excluding hydrogens is 488 g/mol. The molecule has 2 N–H and O–H groups in total. The first kappa shape index (κ1) is 26.2. The van der Waals surface area contributed by atoms with Crippen LogP contribution >= 0.6 is 0 Å². The van der Waals surface area contributed by atoms with E-state index >= 15 is 0 Å². The van der Waals surface area contributed by atoms with Gasteiger partial charge in [0.1, 0.15) is 6.04 Å². The van der Waals surface area contributed by atoms with Crippen LogP contribution < -0.4 is 10.6 Å². The Hall–Kier alpha value is -4.39.